The van der Waals surface area contributed by atoms with Gasteiger partial charge < -0.3 is 20.5 Å². The van der Waals surface area contributed by atoms with Crippen LogP contribution in [0, 0.1) is 17.7 Å². The Labute approximate surface area is 199 Å². The molecule has 3 rings (SSSR count). The molecule has 1 saturated carbocycles. The Kier molecular flexibility index (Phi) is 8.85. The van der Waals surface area contributed by atoms with E-state index in [4.69, 9.17) is 4.74 Å². The second-order valence-electron chi connectivity index (χ2n) is 9.15. The van der Waals surface area contributed by atoms with Crippen LogP contribution < -0.4 is 25.4 Å². The Morgan fingerprint density at radius 2 is 1.97 bits per heavy atom. The molecular weight excluding hydrogens is 467 g/mol. The zero-order valence-corrected chi connectivity index (χ0v) is 20.2. The maximum absolute atomic E-state index is 14.2. The molecule has 0 aromatic heterocycles. The van der Waals surface area contributed by atoms with Crippen molar-refractivity contribution in [3.63, 3.8) is 0 Å². The van der Waals surface area contributed by atoms with E-state index in [1.807, 2.05) is 19.2 Å². The van der Waals surface area contributed by atoms with Crippen molar-refractivity contribution in [3.05, 3.63) is 29.6 Å². The van der Waals surface area contributed by atoms with Crippen LogP contribution in [-0.4, -0.2) is 56.6 Å². The fourth-order valence-corrected chi connectivity index (χ4v) is 5.12. The van der Waals surface area contributed by atoms with E-state index in [0.29, 0.717) is 30.9 Å². The van der Waals surface area contributed by atoms with Crippen LogP contribution in [0.2, 0.25) is 0 Å². The number of urea groups is 1. The summed E-state index contributed by atoms with van der Waals surface area (Å²) in [6.45, 7) is 4.49. The summed E-state index contributed by atoms with van der Waals surface area (Å²) in [6.07, 6.45) is 1.54. The second kappa shape index (κ2) is 11.4. The molecule has 0 radical (unpaired) electrons. The number of ether oxygens (including phenoxy) is 1. The van der Waals surface area contributed by atoms with Gasteiger partial charge in [0.05, 0.1) is 12.4 Å². The van der Waals surface area contributed by atoms with E-state index < -0.39 is 46.1 Å². The van der Waals surface area contributed by atoms with E-state index in [1.165, 1.54) is 6.07 Å². The van der Waals surface area contributed by atoms with Crippen LogP contribution in [0.3, 0.4) is 0 Å². The number of benzene rings is 1. The van der Waals surface area contributed by atoms with Gasteiger partial charge in [0.25, 0.3) is 0 Å². The van der Waals surface area contributed by atoms with E-state index in [9.17, 15) is 27.5 Å². The zero-order valence-electron chi connectivity index (χ0n) is 19.3. The van der Waals surface area contributed by atoms with Gasteiger partial charge in [-0.1, -0.05) is 19.9 Å². The molecular formula is C22H33FN4O6S. The number of hydrogen-bond donors (Lipinski definition) is 5. The summed E-state index contributed by atoms with van der Waals surface area (Å²) in [7, 11) is -3.64. The smallest absolute Gasteiger partial charge is 0.323 e. The average molecular weight is 501 g/mol. The molecule has 0 bridgehead atoms. The monoisotopic (exact) mass is 500 g/mol. The molecule has 1 aliphatic carbocycles. The van der Waals surface area contributed by atoms with Gasteiger partial charge in [-0.2, -0.15) is 0 Å². The van der Waals surface area contributed by atoms with E-state index >= 15 is 0 Å². The number of nitrogens with one attached hydrogen (secondary N) is 4. The number of aliphatic hydroxyl groups is 1. The first-order chi connectivity index (χ1) is 16.1. The number of amides is 3. The van der Waals surface area contributed by atoms with Gasteiger partial charge >= 0.3 is 6.03 Å². The summed E-state index contributed by atoms with van der Waals surface area (Å²) in [5, 5.41) is 16.8. The molecule has 2 unspecified atom stereocenters. The normalized spacial score (nSPS) is 21.8. The van der Waals surface area contributed by atoms with Gasteiger partial charge in [0.15, 0.2) is 17.8 Å². The third kappa shape index (κ3) is 7.62. The number of carbonyl (C=O) groups is 2. The van der Waals surface area contributed by atoms with Crippen LogP contribution in [0.25, 0.3) is 0 Å². The average Bonchev–Trinajstić information content (AvgIpc) is 3.57. The topological polar surface area (TPSA) is 146 Å². The summed E-state index contributed by atoms with van der Waals surface area (Å²) in [5.41, 5.74) is 0.631. The molecule has 1 aromatic rings. The molecule has 1 saturated heterocycles. The lowest BCUT2D eigenvalue weighted by atomic mass is 9.97. The molecule has 2 aliphatic rings. The highest BCUT2D eigenvalue weighted by atomic mass is 32.2. The summed E-state index contributed by atoms with van der Waals surface area (Å²) in [5.74, 6) is -0.749. The van der Waals surface area contributed by atoms with E-state index in [1.54, 1.807) is 12.1 Å². The summed E-state index contributed by atoms with van der Waals surface area (Å²) >= 11 is 0. The van der Waals surface area contributed by atoms with Gasteiger partial charge in [0, 0.05) is 6.04 Å². The maximum Gasteiger partial charge on any atom is 0.323 e. The lowest BCUT2D eigenvalue weighted by molar-refractivity contribution is -0.126. The Morgan fingerprint density at radius 3 is 2.62 bits per heavy atom. The number of halogens is 1. The van der Waals surface area contributed by atoms with Gasteiger partial charge in [-0.05, 0) is 61.8 Å². The highest BCUT2D eigenvalue weighted by Crippen LogP contribution is 2.32. The SMILES string of the molecule is CC(C)[C@@H](NS(=O)(=O)CCCCNC1C(=O)NC(=O)NC1O)c1ccc(F)c(OCC2CC2)c1. The van der Waals surface area contributed by atoms with Gasteiger partial charge in [-0.15, -0.1) is 0 Å². The van der Waals surface area contributed by atoms with Crippen molar-refractivity contribution in [2.24, 2.45) is 11.8 Å². The van der Waals surface area contributed by atoms with Crippen molar-refractivity contribution in [2.75, 3.05) is 18.9 Å². The molecule has 12 heteroatoms. The van der Waals surface area contributed by atoms with Gasteiger partial charge in [-0.25, -0.2) is 22.3 Å². The summed E-state index contributed by atoms with van der Waals surface area (Å²) in [4.78, 5) is 22.9. The standard InChI is InChI=1S/C22H33FN4O6S/c1-13(2)18(15-7-8-16(23)17(11-15)33-12-14-5-6-14)27-34(31,32)10-4-3-9-24-19-20(28)25-22(30)26-21(19)29/h7-8,11,13-14,18-20,24,27-28H,3-6,9-10,12H2,1-2H3,(H2,25,26,29,30)/t18-,19?,20?/m1/s1. The Bertz CT molecular complexity index is 986. The predicted molar refractivity (Wildman–Crippen MR) is 123 cm³/mol. The van der Waals surface area contributed by atoms with Crippen molar-refractivity contribution < 1.29 is 32.2 Å². The Hall–Kier alpha value is -2.28. The number of hydrogen-bond acceptors (Lipinski definition) is 7. The van der Waals surface area contributed by atoms with Crippen LogP contribution in [0.4, 0.5) is 9.18 Å². The summed E-state index contributed by atoms with van der Waals surface area (Å²) < 4.78 is 47.9. The number of aliphatic hydroxyl groups excluding tert-OH is 1. The molecule has 1 heterocycles. The van der Waals surface area contributed by atoms with Gasteiger partial charge in [0.1, 0.15) is 6.04 Å². The van der Waals surface area contributed by atoms with E-state index in [2.05, 4.69) is 15.4 Å². The molecule has 3 atom stereocenters. The minimum absolute atomic E-state index is 0.0836. The van der Waals surface area contributed by atoms with E-state index in [0.717, 1.165) is 12.8 Å². The third-order valence-corrected chi connectivity index (χ3v) is 7.22. The van der Waals surface area contributed by atoms with Crippen LogP contribution in [-0.2, 0) is 14.8 Å². The zero-order chi connectivity index (χ0) is 24.9. The minimum Gasteiger partial charge on any atom is -0.490 e. The fraction of sp³-hybridized carbons (Fsp3) is 0.636. The highest BCUT2D eigenvalue weighted by Gasteiger charge is 2.33. The summed E-state index contributed by atoms with van der Waals surface area (Å²) in [6, 6.07) is 2.11. The third-order valence-electron chi connectivity index (χ3n) is 5.78. The Balaban J connectivity index is 1.50. The quantitative estimate of drug-likeness (QED) is 0.255. The number of unbranched alkanes of at least 4 members (excludes halogenated alkanes) is 1. The molecule has 190 valence electrons. The number of sulfonamides is 1. The predicted octanol–water partition coefficient (Wildman–Crippen LogP) is 1.13. The second-order valence-corrected chi connectivity index (χ2v) is 11.0. The van der Waals surface area contributed by atoms with Crippen molar-refractivity contribution in [2.45, 2.75) is 57.8 Å². The first-order valence-electron chi connectivity index (χ1n) is 11.5. The number of rotatable bonds is 13. The van der Waals surface area contributed by atoms with Crippen molar-refractivity contribution in [1.29, 1.82) is 0 Å². The van der Waals surface area contributed by atoms with Gasteiger partial charge in [0.2, 0.25) is 15.9 Å². The number of carbonyl (C=O) groups excluding carboxylic acids is 2. The van der Waals surface area contributed by atoms with Crippen molar-refractivity contribution in [3.8, 4) is 5.75 Å². The van der Waals surface area contributed by atoms with E-state index in [-0.39, 0.29) is 24.0 Å². The fourth-order valence-electron chi connectivity index (χ4n) is 3.62. The first-order valence-corrected chi connectivity index (χ1v) is 13.2. The minimum atomic E-state index is -3.64. The van der Waals surface area contributed by atoms with Crippen molar-refractivity contribution in [1.82, 2.24) is 20.7 Å². The lowest BCUT2D eigenvalue weighted by Crippen LogP contribution is -2.65. The molecule has 34 heavy (non-hydrogen) atoms. The Morgan fingerprint density at radius 1 is 1.24 bits per heavy atom. The molecule has 10 nitrogen and oxygen atoms in total. The van der Waals surface area contributed by atoms with Crippen molar-refractivity contribution >= 4 is 22.0 Å². The van der Waals surface area contributed by atoms with Crippen LogP contribution >= 0.6 is 0 Å². The largest absolute Gasteiger partial charge is 0.490 e. The lowest BCUT2D eigenvalue weighted by Gasteiger charge is -2.28. The van der Waals surface area contributed by atoms with Crippen LogP contribution in [0.1, 0.15) is 51.1 Å². The van der Waals surface area contributed by atoms with Crippen LogP contribution in [0.5, 0.6) is 5.75 Å². The highest BCUT2D eigenvalue weighted by molar-refractivity contribution is 7.89. The number of imide groups is 1. The maximum atomic E-state index is 14.2. The van der Waals surface area contributed by atoms with Crippen LogP contribution in [0.15, 0.2) is 18.2 Å². The molecule has 5 N–H and O–H groups in total. The first kappa shape index (κ1) is 26.3. The molecule has 1 aliphatic heterocycles. The van der Waals surface area contributed by atoms with Gasteiger partial charge in [-0.3, -0.25) is 10.1 Å². The molecule has 0 spiro atoms. The molecule has 3 amide bonds. The molecule has 2 fully saturated rings. The molecule has 1 aromatic carbocycles.